The van der Waals surface area contributed by atoms with E-state index < -0.39 is 0 Å². The Morgan fingerprint density at radius 2 is 2.26 bits per heavy atom. The Hall–Kier alpha value is -2.90. The zero-order valence-corrected chi connectivity index (χ0v) is 12.5. The number of amides is 1. The molecule has 1 N–H and O–H groups in total. The first-order valence-corrected chi connectivity index (χ1v) is 7.33. The van der Waals surface area contributed by atoms with Crippen LogP contribution in [0.4, 0.5) is 0 Å². The van der Waals surface area contributed by atoms with Crippen molar-refractivity contribution in [3.8, 4) is 0 Å². The summed E-state index contributed by atoms with van der Waals surface area (Å²) in [5, 5.41) is 6.60. The molecule has 1 aliphatic rings. The summed E-state index contributed by atoms with van der Waals surface area (Å²) < 4.78 is 6.39. The maximum Gasteiger partial charge on any atom is 0.281 e. The van der Waals surface area contributed by atoms with Crippen LogP contribution in [-0.2, 0) is 13.5 Å². The lowest BCUT2D eigenvalue weighted by Crippen LogP contribution is -2.50. The normalized spacial score (nSPS) is 15.1. The molecule has 1 fully saturated rings. The number of aromatic amines is 1. The Balaban J connectivity index is 1.50. The smallest absolute Gasteiger partial charge is 0.281 e. The van der Waals surface area contributed by atoms with Crippen LogP contribution in [0.1, 0.15) is 16.1 Å². The summed E-state index contributed by atoms with van der Waals surface area (Å²) in [7, 11) is 1.60. The van der Waals surface area contributed by atoms with Gasteiger partial charge in [-0.25, -0.2) is 4.98 Å². The van der Waals surface area contributed by atoms with Crippen molar-refractivity contribution < 1.29 is 9.21 Å². The third-order valence-corrected chi connectivity index (χ3v) is 4.19. The lowest BCUT2D eigenvalue weighted by Gasteiger charge is -2.38. The van der Waals surface area contributed by atoms with Gasteiger partial charge in [-0.15, -0.1) is 0 Å². The number of furan rings is 1. The van der Waals surface area contributed by atoms with Crippen molar-refractivity contribution in [2.75, 3.05) is 13.1 Å². The number of rotatable bonds is 3. The highest BCUT2D eigenvalue weighted by Gasteiger charge is 2.33. The summed E-state index contributed by atoms with van der Waals surface area (Å²) in [6.45, 7) is 1.35. The Morgan fingerprint density at radius 1 is 1.43 bits per heavy atom. The lowest BCUT2D eigenvalue weighted by atomic mass is 9.93. The van der Waals surface area contributed by atoms with E-state index in [4.69, 9.17) is 4.42 Å². The van der Waals surface area contributed by atoms with Crippen molar-refractivity contribution in [3.05, 3.63) is 46.5 Å². The monoisotopic (exact) mass is 313 g/mol. The molecule has 1 saturated heterocycles. The first-order valence-electron chi connectivity index (χ1n) is 7.33. The van der Waals surface area contributed by atoms with E-state index in [1.807, 2.05) is 6.07 Å². The minimum absolute atomic E-state index is 0.170. The standard InChI is InChI=1S/C15H15N5O3/c1-19-8-16-11-12(14(19)21)17-18-13(11)15(22)20-5-10(6-20)4-9-2-3-23-7-9/h2-3,7-8,10H,4-6H2,1H3,(H,17,18). The Labute approximate surface area is 130 Å². The number of likely N-dealkylation sites (tertiary alicyclic amines) is 1. The van der Waals surface area contributed by atoms with Crippen LogP contribution in [0.25, 0.3) is 11.0 Å². The second-order valence-corrected chi connectivity index (χ2v) is 5.87. The quantitative estimate of drug-likeness (QED) is 0.762. The zero-order chi connectivity index (χ0) is 16.0. The molecule has 3 aromatic heterocycles. The van der Waals surface area contributed by atoms with Gasteiger partial charge in [-0.05, 0) is 24.0 Å². The van der Waals surface area contributed by atoms with Gasteiger partial charge in [-0.3, -0.25) is 14.7 Å². The van der Waals surface area contributed by atoms with Crippen LogP contribution < -0.4 is 5.56 Å². The number of aromatic nitrogens is 4. The molecule has 1 aliphatic heterocycles. The van der Waals surface area contributed by atoms with Crippen LogP contribution in [0.3, 0.4) is 0 Å². The highest BCUT2D eigenvalue weighted by Crippen LogP contribution is 2.23. The molecule has 8 heteroatoms. The molecule has 4 heterocycles. The largest absolute Gasteiger partial charge is 0.472 e. The number of fused-ring (bicyclic) bond motifs is 1. The van der Waals surface area contributed by atoms with Gasteiger partial charge in [0.15, 0.2) is 5.52 Å². The molecule has 3 aromatic rings. The summed E-state index contributed by atoms with van der Waals surface area (Å²) in [5.74, 6) is 0.253. The Morgan fingerprint density at radius 3 is 3.00 bits per heavy atom. The van der Waals surface area contributed by atoms with Gasteiger partial charge in [-0.1, -0.05) is 0 Å². The predicted octanol–water partition coefficient (Wildman–Crippen LogP) is 0.564. The second-order valence-electron chi connectivity index (χ2n) is 5.87. The van der Waals surface area contributed by atoms with Gasteiger partial charge in [0.05, 0.1) is 18.9 Å². The minimum atomic E-state index is -0.272. The van der Waals surface area contributed by atoms with Crippen molar-refractivity contribution in [1.29, 1.82) is 0 Å². The van der Waals surface area contributed by atoms with Gasteiger partial charge in [0.2, 0.25) is 0 Å². The van der Waals surface area contributed by atoms with Crippen molar-refractivity contribution in [2.24, 2.45) is 13.0 Å². The third-order valence-electron chi connectivity index (χ3n) is 4.19. The van der Waals surface area contributed by atoms with E-state index in [1.54, 1.807) is 24.5 Å². The van der Waals surface area contributed by atoms with Crippen molar-refractivity contribution in [3.63, 3.8) is 0 Å². The van der Waals surface area contributed by atoms with E-state index >= 15 is 0 Å². The first kappa shape index (κ1) is 13.7. The maximum absolute atomic E-state index is 12.5. The molecule has 23 heavy (non-hydrogen) atoms. The van der Waals surface area contributed by atoms with Crippen molar-refractivity contribution in [1.82, 2.24) is 24.6 Å². The zero-order valence-electron chi connectivity index (χ0n) is 12.5. The van der Waals surface area contributed by atoms with Crippen molar-refractivity contribution in [2.45, 2.75) is 6.42 Å². The van der Waals surface area contributed by atoms with Crippen LogP contribution >= 0.6 is 0 Å². The fourth-order valence-corrected chi connectivity index (χ4v) is 2.89. The molecule has 8 nitrogen and oxygen atoms in total. The molecule has 0 saturated carbocycles. The highest BCUT2D eigenvalue weighted by molar-refractivity contribution is 6.03. The maximum atomic E-state index is 12.5. The first-order chi connectivity index (χ1) is 11.1. The van der Waals surface area contributed by atoms with E-state index in [-0.39, 0.29) is 22.7 Å². The molecule has 0 aliphatic carbocycles. The van der Waals surface area contributed by atoms with Crippen LogP contribution in [0.5, 0.6) is 0 Å². The summed E-state index contributed by atoms with van der Waals surface area (Å²) in [4.78, 5) is 30.4. The van der Waals surface area contributed by atoms with Crippen LogP contribution in [-0.4, -0.2) is 43.6 Å². The lowest BCUT2D eigenvalue weighted by molar-refractivity contribution is 0.0496. The predicted molar refractivity (Wildman–Crippen MR) is 80.9 cm³/mol. The molecule has 0 aromatic carbocycles. The number of carbonyl (C=O) groups excluding carboxylic acids is 1. The summed E-state index contributed by atoms with van der Waals surface area (Å²) >= 11 is 0. The Kier molecular flexibility index (Phi) is 3.03. The van der Waals surface area contributed by atoms with Crippen LogP contribution in [0, 0.1) is 5.92 Å². The number of hydrogen-bond donors (Lipinski definition) is 1. The molecular formula is C15H15N5O3. The molecule has 118 valence electrons. The van der Waals surface area contributed by atoms with E-state index in [0.717, 1.165) is 12.0 Å². The van der Waals surface area contributed by atoms with Gasteiger partial charge < -0.3 is 13.9 Å². The van der Waals surface area contributed by atoms with Crippen LogP contribution in [0.15, 0.2) is 34.1 Å². The van der Waals surface area contributed by atoms with Gasteiger partial charge in [0.1, 0.15) is 11.2 Å². The SMILES string of the molecule is Cn1cnc2c(C(=O)N3CC(Cc4ccoc4)C3)[nH]nc2c1=O. The average molecular weight is 313 g/mol. The van der Waals surface area contributed by atoms with E-state index in [9.17, 15) is 9.59 Å². The van der Waals surface area contributed by atoms with E-state index in [1.165, 1.54) is 10.9 Å². The number of hydrogen-bond acceptors (Lipinski definition) is 5. The molecule has 0 atom stereocenters. The summed E-state index contributed by atoms with van der Waals surface area (Å²) in [6, 6.07) is 1.94. The number of nitrogens with zero attached hydrogens (tertiary/aromatic N) is 4. The molecule has 0 unspecified atom stereocenters. The van der Waals surface area contributed by atoms with Gasteiger partial charge in [-0.2, -0.15) is 5.10 Å². The molecule has 1 amide bonds. The highest BCUT2D eigenvalue weighted by atomic mass is 16.3. The molecule has 0 radical (unpaired) electrons. The minimum Gasteiger partial charge on any atom is -0.472 e. The van der Waals surface area contributed by atoms with E-state index in [0.29, 0.717) is 24.5 Å². The number of carbonyl (C=O) groups is 1. The number of aryl methyl sites for hydroxylation is 1. The molecular weight excluding hydrogens is 298 g/mol. The molecule has 0 bridgehead atoms. The summed E-state index contributed by atoms with van der Waals surface area (Å²) in [5.41, 5.74) is 1.66. The fourth-order valence-electron chi connectivity index (χ4n) is 2.89. The Bertz CT molecular complexity index is 918. The van der Waals surface area contributed by atoms with E-state index in [2.05, 4.69) is 15.2 Å². The third kappa shape index (κ3) is 2.23. The fraction of sp³-hybridized carbons (Fsp3) is 0.333. The summed E-state index contributed by atoms with van der Waals surface area (Å²) in [6.07, 6.45) is 5.67. The molecule has 4 rings (SSSR count). The second kappa shape index (κ2) is 5.08. The number of nitrogens with one attached hydrogen (secondary N) is 1. The van der Waals surface area contributed by atoms with Gasteiger partial charge in [0.25, 0.3) is 11.5 Å². The van der Waals surface area contributed by atoms with Gasteiger partial charge in [0, 0.05) is 20.1 Å². The van der Waals surface area contributed by atoms with Gasteiger partial charge >= 0.3 is 0 Å². The van der Waals surface area contributed by atoms with Crippen molar-refractivity contribution >= 4 is 16.9 Å². The van der Waals surface area contributed by atoms with Crippen LogP contribution in [0.2, 0.25) is 0 Å². The topological polar surface area (TPSA) is 97.0 Å². The molecule has 0 spiro atoms. The average Bonchev–Trinajstić information content (AvgIpc) is 3.15. The number of H-pyrrole nitrogens is 1.